The lowest BCUT2D eigenvalue weighted by Gasteiger charge is -2.12. The van der Waals surface area contributed by atoms with Gasteiger partial charge < -0.3 is 9.84 Å². The molecule has 18 heavy (non-hydrogen) atoms. The van der Waals surface area contributed by atoms with E-state index >= 15 is 0 Å². The van der Waals surface area contributed by atoms with Gasteiger partial charge in [-0.15, -0.1) is 0 Å². The molecule has 0 heterocycles. The summed E-state index contributed by atoms with van der Waals surface area (Å²) in [5.74, 6) is -0.867. The molecule has 0 aromatic heterocycles. The van der Waals surface area contributed by atoms with Crippen LogP contribution in [0.5, 0.6) is 0 Å². The third kappa shape index (κ3) is 2.62. The molecule has 0 amide bonds. The number of carbonyl (C=O) groups is 1. The van der Waals surface area contributed by atoms with Gasteiger partial charge in [0, 0.05) is 6.61 Å². The third-order valence-corrected chi connectivity index (χ3v) is 3.21. The number of ether oxygens (including phenoxy) is 1. The molecular weight excluding hydrogens is 228 g/mol. The molecule has 1 aromatic carbocycles. The van der Waals surface area contributed by atoms with Gasteiger partial charge in [0.15, 0.2) is 0 Å². The summed E-state index contributed by atoms with van der Waals surface area (Å²) in [4.78, 5) is 11.5. The minimum absolute atomic E-state index is 0.360. The van der Waals surface area contributed by atoms with Crippen molar-refractivity contribution in [2.75, 3.05) is 6.61 Å². The zero-order valence-corrected chi connectivity index (χ0v) is 10.6. The Hall–Kier alpha value is -1.61. The van der Waals surface area contributed by atoms with Crippen LogP contribution in [0.1, 0.15) is 47.7 Å². The van der Waals surface area contributed by atoms with E-state index in [9.17, 15) is 9.90 Å². The summed E-state index contributed by atoms with van der Waals surface area (Å²) in [6, 6.07) is 5.64. The van der Waals surface area contributed by atoms with Gasteiger partial charge in [0.25, 0.3) is 0 Å². The smallest absolute Gasteiger partial charge is 0.336 e. The minimum atomic E-state index is -0.867. The molecule has 0 saturated carbocycles. The zero-order chi connectivity index (χ0) is 13.0. The van der Waals surface area contributed by atoms with E-state index in [1.54, 1.807) is 0 Å². The summed E-state index contributed by atoms with van der Waals surface area (Å²) >= 11 is 0. The predicted molar refractivity (Wildman–Crippen MR) is 70.6 cm³/mol. The highest BCUT2D eigenvalue weighted by atomic mass is 16.5. The van der Waals surface area contributed by atoms with Gasteiger partial charge in [-0.2, -0.15) is 0 Å². The van der Waals surface area contributed by atoms with Crippen LogP contribution in [0.2, 0.25) is 0 Å². The molecule has 0 saturated heterocycles. The van der Waals surface area contributed by atoms with Crippen LogP contribution in [0.25, 0.3) is 5.57 Å². The van der Waals surface area contributed by atoms with Gasteiger partial charge in [0.2, 0.25) is 0 Å². The molecule has 1 aromatic rings. The molecule has 0 fully saturated rings. The Morgan fingerprint density at radius 3 is 2.89 bits per heavy atom. The summed E-state index contributed by atoms with van der Waals surface area (Å²) < 4.78 is 5.35. The molecular formula is C15H18O3. The second-order valence-corrected chi connectivity index (χ2v) is 4.40. The number of allylic oxidation sites excluding steroid dienone is 2. The van der Waals surface area contributed by atoms with Crippen LogP contribution in [-0.4, -0.2) is 17.7 Å². The first-order valence-electron chi connectivity index (χ1n) is 6.36. The molecule has 0 atom stereocenters. The molecule has 2 rings (SSSR count). The molecule has 3 heteroatoms. The fourth-order valence-electron chi connectivity index (χ4n) is 2.37. The fraction of sp³-hybridized carbons (Fsp3) is 0.400. The molecule has 0 spiro atoms. The largest absolute Gasteiger partial charge is 0.478 e. The average Bonchev–Trinajstić information content (AvgIpc) is 2.89. The van der Waals surface area contributed by atoms with Gasteiger partial charge in [-0.25, -0.2) is 4.79 Å². The normalized spacial score (nSPS) is 14.6. The van der Waals surface area contributed by atoms with Crippen molar-refractivity contribution < 1.29 is 14.6 Å². The van der Waals surface area contributed by atoms with Crippen molar-refractivity contribution in [2.24, 2.45) is 0 Å². The number of hydrogen-bond donors (Lipinski definition) is 1. The standard InChI is InChI=1S/C15H18O3/c1-2-18-10-12-8-5-9-13(14(12)15(16)17)11-6-3-4-7-11/h5-6,8-9H,2-4,7,10H2,1H3,(H,16,17). The van der Waals surface area contributed by atoms with E-state index in [1.165, 1.54) is 0 Å². The highest BCUT2D eigenvalue weighted by Crippen LogP contribution is 2.31. The van der Waals surface area contributed by atoms with Crippen molar-refractivity contribution in [1.82, 2.24) is 0 Å². The third-order valence-electron chi connectivity index (χ3n) is 3.21. The molecule has 0 unspecified atom stereocenters. The van der Waals surface area contributed by atoms with Crippen LogP contribution < -0.4 is 0 Å². The molecule has 0 aliphatic heterocycles. The number of hydrogen-bond acceptors (Lipinski definition) is 2. The second kappa shape index (κ2) is 5.83. The van der Waals surface area contributed by atoms with E-state index in [2.05, 4.69) is 6.08 Å². The second-order valence-electron chi connectivity index (χ2n) is 4.40. The lowest BCUT2D eigenvalue weighted by atomic mass is 9.95. The molecule has 3 nitrogen and oxygen atoms in total. The van der Waals surface area contributed by atoms with E-state index in [0.29, 0.717) is 18.8 Å². The van der Waals surface area contributed by atoms with Gasteiger partial charge in [-0.1, -0.05) is 24.3 Å². The van der Waals surface area contributed by atoms with Gasteiger partial charge in [-0.3, -0.25) is 0 Å². The fourth-order valence-corrected chi connectivity index (χ4v) is 2.37. The lowest BCUT2D eigenvalue weighted by molar-refractivity contribution is 0.0688. The number of carboxylic acid groups (broad SMARTS) is 1. The highest BCUT2D eigenvalue weighted by Gasteiger charge is 2.19. The van der Waals surface area contributed by atoms with Gasteiger partial charge >= 0.3 is 5.97 Å². The van der Waals surface area contributed by atoms with Crippen molar-refractivity contribution in [3.05, 3.63) is 41.0 Å². The van der Waals surface area contributed by atoms with Crippen LogP contribution in [0.4, 0.5) is 0 Å². The van der Waals surface area contributed by atoms with Crippen molar-refractivity contribution in [3.63, 3.8) is 0 Å². The van der Waals surface area contributed by atoms with Crippen LogP contribution in [-0.2, 0) is 11.3 Å². The zero-order valence-electron chi connectivity index (χ0n) is 10.6. The first-order chi connectivity index (χ1) is 8.74. The Balaban J connectivity index is 2.42. The van der Waals surface area contributed by atoms with Crippen molar-refractivity contribution in [1.29, 1.82) is 0 Å². The number of rotatable bonds is 5. The van der Waals surface area contributed by atoms with E-state index in [0.717, 1.165) is 36.0 Å². The van der Waals surface area contributed by atoms with Crippen LogP contribution in [0.15, 0.2) is 24.3 Å². The molecule has 1 aliphatic rings. The van der Waals surface area contributed by atoms with Gasteiger partial charge in [0.1, 0.15) is 0 Å². The maximum Gasteiger partial charge on any atom is 0.336 e. The topological polar surface area (TPSA) is 46.5 Å². The average molecular weight is 246 g/mol. The van der Waals surface area contributed by atoms with Crippen LogP contribution in [0.3, 0.4) is 0 Å². The van der Waals surface area contributed by atoms with Gasteiger partial charge in [-0.05, 0) is 42.9 Å². The minimum Gasteiger partial charge on any atom is -0.478 e. The SMILES string of the molecule is CCOCc1cccc(C2=CCCC2)c1C(=O)O. The Kier molecular flexibility index (Phi) is 4.15. The van der Waals surface area contributed by atoms with E-state index in [4.69, 9.17) is 4.74 Å². The summed E-state index contributed by atoms with van der Waals surface area (Å²) in [7, 11) is 0. The quantitative estimate of drug-likeness (QED) is 0.865. The van der Waals surface area contributed by atoms with E-state index in [1.807, 2.05) is 25.1 Å². The first kappa shape index (κ1) is 12.8. The first-order valence-corrected chi connectivity index (χ1v) is 6.36. The lowest BCUT2D eigenvalue weighted by Crippen LogP contribution is -2.08. The van der Waals surface area contributed by atoms with Crippen molar-refractivity contribution in [3.8, 4) is 0 Å². The Morgan fingerprint density at radius 2 is 2.28 bits per heavy atom. The maximum absolute atomic E-state index is 11.5. The summed E-state index contributed by atoms with van der Waals surface area (Å²) in [6.45, 7) is 2.86. The van der Waals surface area contributed by atoms with E-state index < -0.39 is 5.97 Å². The molecule has 1 N–H and O–H groups in total. The predicted octanol–water partition coefficient (Wildman–Crippen LogP) is 3.49. The molecule has 0 radical (unpaired) electrons. The Labute approximate surface area is 107 Å². The summed E-state index contributed by atoms with van der Waals surface area (Å²) in [5.41, 5.74) is 3.18. The monoisotopic (exact) mass is 246 g/mol. The van der Waals surface area contributed by atoms with E-state index in [-0.39, 0.29) is 0 Å². The number of benzene rings is 1. The Bertz CT molecular complexity index is 475. The van der Waals surface area contributed by atoms with Crippen molar-refractivity contribution >= 4 is 11.5 Å². The molecule has 96 valence electrons. The highest BCUT2D eigenvalue weighted by molar-refractivity contribution is 5.96. The van der Waals surface area contributed by atoms with Crippen molar-refractivity contribution in [2.45, 2.75) is 32.8 Å². The van der Waals surface area contributed by atoms with Crippen LogP contribution in [0, 0.1) is 0 Å². The van der Waals surface area contributed by atoms with Crippen LogP contribution >= 0.6 is 0 Å². The summed E-state index contributed by atoms with van der Waals surface area (Å²) in [5, 5.41) is 9.42. The maximum atomic E-state index is 11.5. The Morgan fingerprint density at radius 1 is 1.44 bits per heavy atom. The number of aromatic carboxylic acids is 1. The molecule has 1 aliphatic carbocycles. The molecule has 0 bridgehead atoms. The summed E-state index contributed by atoms with van der Waals surface area (Å²) in [6.07, 6.45) is 5.28. The van der Waals surface area contributed by atoms with Gasteiger partial charge in [0.05, 0.1) is 12.2 Å². The number of carboxylic acids is 1.